The van der Waals surface area contributed by atoms with Crippen LogP contribution in [0.5, 0.6) is 0 Å². The summed E-state index contributed by atoms with van der Waals surface area (Å²) < 4.78 is 0. The molecule has 0 N–H and O–H groups in total. The van der Waals surface area contributed by atoms with Gasteiger partial charge in [0.05, 0.1) is 6.04 Å². The number of hydrogen-bond acceptors (Lipinski definition) is 3. The summed E-state index contributed by atoms with van der Waals surface area (Å²) in [6.07, 6.45) is 6.10. The summed E-state index contributed by atoms with van der Waals surface area (Å²) >= 11 is 0. The van der Waals surface area contributed by atoms with E-state index in [-0.39, 0.29) is 6.04 Å². The van der Waals surface area contributed by atoms with Crippen molar-refractivity contribution >= 4 is 0 Å². The Hall–Kier alpha value is -2.49. The van der Waals surface area contributed by atoms with E-state index in [1.54, 1.807) is 16.9 Å². The Bertz CT molecular complexity index is 610. The molecular formula is C16H18N4. The second kappa shape index (κ2) is 6.61. The van der Waals surface area contributed by atoms with E-state index in [1.807, 2.05) is 31.2 Å². The zero-order chi connectivity index (χ0) is 14.4. The summed E-state index contributed by atoms with van der Waals surface area (Å²) in [5.41, 5.74) is 2.17. The second-order valence-corrected chi connectivity index (χ2v) is 4.47. The van der Waals surface area contributed by atoms with Crippen molar-refractivity contribution < 1.29 is 0 Å². The van der Waals surface area contributed by atoms with Crippen molar-refractivity contribution in [2.75, 3.05) is 0 Å². The predicted molar refractivity (Wildman–Crippen MR) is 80.3 cm³/mol. The number of allylic oxidation sites excluding steroid dienone is 4. The topological polar surface area (TPSA) is 43.6 Å². The second-order valence-electron chi connectivity index (χ2n) is 4.47. The molecule has 20 heavy (non-hydrogen) atoms. The molecule has 1 heterocycles. The summed E-state index contributed by atoms with van der Waals surface area (Å²) in [4.78, 5) is 1.61. The average Bonchev–Trinajstić information content (AvgIpc) is 2.93. The van der Waals surface area contributed by atoms with Gasteiger partial charge in [-0.25, -0.2) is 0 Å². The molecule has 1 aromatic carbocycles. The number of tetrazole rings is 1. The molecule has 0 saturated carbocycles. The Balaban J connectivity index is 2.14. The highest BCUT2D eigenvalue weighted by molar-refractivity contribution is 5.24. The molecule has 1 unspecified atom stereocenters. The van der Waals surface area contributed by atoms with Gasteiger partial charge in [0.25, 0.3) is 0 Å². The quantitative estimate of drug-likeness (QED) is 0.754. The van der Waals surface area contributed by atoms with Crippen LogP contribution in [-0.2, 0) is 6.42 Å². The van der Waals surface area contributed by atoms with Gasteiger partial charge in [0, 0.05) is 6.42 Å². The molecule has 0 saturated heterocycles. The van der Waals surface area contributed by atoms with E-state index in [4.69, 9.17) is 0 Å². The molecule has 0 amide bonds. The third-order valence-electron chi connectivity index (χ3n) is 3.05. The minimum atomic E-state index is -0.0116. The van der Waals surface area contributed by atoms with E-state index in [9.17, 15) is 0 Å². The summed E-state index contributed by atoms with van der Waals surface area (Å²) in [5, 5.41) is 12.6. The molecule has 4 nitrogen and oxygen atoms in total. The van der Waals surface area contributed by atoms with E-state index in [2.05, 4.69) is 40.7 Å². The molecule has 0 fully saturated rings. The number of nitrogens with zero attached hydrogens (tertiary/aromatic N) is 4. The molecule has 0 spiro atoms. The van der Waals surface area contributed by atoms with Crippen LogP contribution in [0.2, 0.25) is 0 Å². The Labute approximate surface area is 119 Å². The van der Waals surface area contributed by atoms with E-state index in [0.717, 1.165) is 5.57 Å². The van der Waals surface area contributed by atoms with Gasteiger partial charge >= 0.3 is 0 Å². The van der Waals surface area contributed by atoms with Crippen molar-refractivity contribution in [3.05, 3.63) is 78.7 Å². The van der Waals surface area contributed by atoms with Crippen LogP contribution in [0.4, 0.5) is 0 Å². The minimum absolute atomic E-state index is 0.0116. The maximum atomic E-state index is 4.43. The largest absolute Gasteiger partial charge is 0.179 e. The van der Waals surface area contributed by atoms with E-state index in [1.165, 1.54) is 5.56 Å². The van der Waals surface area contributed by atoms with Crippen molar-refractivity contribution in [1.29, 1.82) is 0 Å². The third-order valence-corrected chi connectivity index (χ3v) is 3.05. The van der Waals surface area contributed by atoms with E-state index >= 15 is 0 Å². The fraction of sp³-hybridized carbons (Fsp3) is 0.188. The molecule has 2 rings (SSSR count). The van der Waals surface area contributed by atoms with Crippen LogP contribution >= 0.6 is 0 Å². The number of rotatable bonds is 6. The van der Waals surface area contributed by atoms with Crippen molar-refractivity contribution in [3.63, 3.8) is 0 Å². The normalized spacial score (nSPS) is 12.9. The van der Waals surface area contributed by atoms with Crippen molar-refractivity contribution in [2.24, 2.45) is 0 Å². The molecule has 0 aliphatic rings. The maximum Gasteiger partial charge on any atom is 0.179 e. The van der Waals surface area contributed by atoms with Crippen LogP contribution in [0.1, 0.15) is 24.4 Å². The first-order chi connectivity index (χ1) is 9.74. The Morgan fingerprint density at radius 3 is 2.70 bits per heavy atom. The zero-order valence-electron chi connectivity index (χ0n) is 11.6. The van der Waals surface area contributed by atoms with Crippen molar-refractivity contribution in [3.8, 4) is 0 Å². The maximum absolute atomic E-state index is 4.43. The van der Waals surface area contributed by atoms with Gasteiger partial charge in [-0.15, -0.1) is 10.2 Å². The average molecular weight is 266 g/mol. The lowest BCUT2D eigenvalue weighted by molar-refractivity contribution is 0.478. The molecule has 1 aromatic heterocycles. The highest BCUT2D eigenvalue weighted by Gasteiger charge is 2.12. The highest BCUT2D eigenvalue weighted by atomic mass is 15.6. The van der Waals surface area contributed by atoms with Gasteiger partial charge in [0.1, 0.15) is 0 Å². The lowest BCUT2D eigenvalue weighted by Gasteiger charge is -2.10. The lowest BCUT2D eigenvalue weighted by Crippen LogP contribution is -2.11. The number of aromatic nitrogens is 4. The SMILES string of the molecule is C=C/C=C(\C=C)C(C)n1nnc(Cc2ccccc2)n1. The molecule has 0 radical (unpaired) electrons. The first-order valence-corrected chi connectivity index (χ1v) is 6.52. The summed E-state index contributed by atoms with van der Waals surface area (Å²) in [7, 11) is 0. The standard InChI is InChI=1S/C16H18N4/c1-4-9-15(5-2)13(3)20-18-16(17-19-20)12-14-10-7-6-8-11-14/h4-11,13H,1-2,12H2,3H3/b15-9+. The fourth-order valence-electron chi connectivity index (χ4n) is 1.92. The van der Waals surface area contributed by atoms with Crippen LogP contribution in [0.25, 0.3) is 0 Å². The first-order valence-electron chi connectivity index (χ1n) is 6.52. The van der Waals surface area contributed by atoms with Crippen LogP contribution in [0.15, 0.2) is 67.3 Å². The van der Waals surface area contributed by atoms with Crippen LogP contribution in [-0.4, -0.2) is 20.2 Å². The van der Waals surface area contributed by atoms with Gasteiger partial charge in [-0.1, -0.05) is 61.7 Å². The summed E-state index contributed by atoms with van der Waals surface area (Å²) in [5.74, 6) is 0.713. The van der Waals surface area contributed by atoms with Gasteiger partial charge in [-0.05, 0) is 23.3 Å². The van der Waals surface area contributed by atoms with Gasteiger partial charge < -0.3 is 0 Å². The smallest absolute Gasteiger partial charge is 0.157 e. The molecule has 102 valence electrons. The highest BCUT2D eigenvalue weighted by Crippen LogP contribution is 2.16. The number of benzene rings is 1. The van der Waals surface area contributed by atoms with E-state index in [0.29, 0.717) is 12.2 Å². The summed E-state index contributed by atoms with van der Waals surface area (Å²) in [6.45, 7) is 9.50. The van der Waals surface area contributed by atoms with Crippen molar-refractivity contribution in [1.82, 2.24) is 20.2 Å². The molecule has 4 heteroatoms. The minimum Gasteiger partial charge on any atom is -0.157 e. The monoisotopic (exact) mass is 266 g/mol. The number of hydrogen-bond donors (Lipinski definition) is 0. The Morgan fingerprint density at radius 1 is 1.30 bits per heavy atom. The Morgan fingerprint density at radius 2 is 2.05 bits per heavy atom. The summed E-state index contributed by atoms with van der Waals surface area (Å²) in [6, 6.07) is 10.1. The Kier molecular flexibility index (Phi) is 4.60. The van der Waals surface area contributed by atoms with Gasteiger partial charge in [0.15, 0.2) is 5.82 Å². The lowest BCUT2D eigenvalue weighted by atomic mass is 10.1. The fourth-order valence-corrected chi connectivity index (χ4v) is 1.92. The molecule has 2 aromatic rings. The van der Waals surface area contributed by atoms with Gasteiger partial charge in [-0.2, -0.15) is 4.80 Å². The molecule has 0 aliphatic heterocycles. The molecule has 0 bridgehead atoms. The molecule has 0 aliphatic carbocycles. The van der Waals surface area contributed by atoms with E-state index < -0.39 is 0 Å². The van der Waals surface area contributed by atoms with Crippen LogP contribution in [0, 0.1) is 0 Å². The van der Waals surface area contributed by atoms with Gasteiger partial charge in [0.2, 0.25) is 0 Å². The van der Waals surface area contributed by atoms with Crippen LogP contribution in [0.3, 0.4) is 0 Å². The predicted octanol–water partition coefficient (Wildman–Crippen LogP) is 3.12. The molecular weight excluding hydrogens is 248 g/mol. The molecule has 1 atom stereocenters. The van der Waals surface area contributed by atoms with Gasteiger partial charge in [-0.3, -0.25) is 0 Å². The third kappa shape index (κ3) is 3.29. The van der Waals surface area contributed by atoms with Crippen LogP contribution < -0.4 is 0 Å². The first kappa shape index (κ1) is 13.9. The van der Waals surface area contributed by atoms with Crippen molar-refractivity contribution in [2.45, 2.75) is 19.4 Å². The zero-order valence-corrected chi connectivity index (χ0v) is 11.6.